The number of anilines is 3. The first-order chi connectivity index (χ1) is 13.9. The van der Waals surface area contributed by atoms with Gasteiger partial charge in [-0.1, -0.05) is 36.4 Å². The van der Waals surface area contributed by atoms with Gasteiger partial charge in [0.15, 0.2) is 0 Å². The minimum Gasteiger partial charge on any atom is -0.306 e. The second kappa shape index (κ2) is 5.08. The number of fused-ring (bicyclic) bond motifs is 8. The molecule has 4 heterocycles. The average Bonchev–Trinajstić information content (AvgIpc) is 3.12. The SMILES string of the molecule is c1ccc2c(c1)Cc1ccc3c(c1-2)N1c2cccnc2Cc2nccc(c21)C3. The van der Waals surface area contributed by atoms with Gasteiger partial charge in [-0.15, -0.1) is 0 Å². The van der Waals surface area contributed by atoms with E-state index in [4.69, 9.17) is 9.97 Å². The predicted octanol–water partition coefficient (Wildman–Crippen LogP) is 5.33. The topological polar surface area (TPSA) is 29.0 Å². The Morgan fingerprint density at radius 3 is 2.43 bits per heavy atom. The molecule has 0 amide bonds. The lowest BCUT2D eigenvalue weighted by molar-refractivity contribution is 0.927. The van der Waals surface area contributed by atoms with Crippen LogP contribution in [0, 0.1) is 0 Å². The number of nitrogens with zero attached hydrogens (tertiary/aromatic N) is 3. The molecule has 132 valence electrons. The van der Waals surface area contributed by atoms with Crippen molar-refractivity contribution in [2.75, 3.05) is 4.90 Å². The highest BCUT2D eigenvalue weighted by molar-refractivity contribution is 5.98. The molecular formula is C25H17N3. The molecule has 0 fully saturated rings. The van der Waals surface area contributed by atoms with Gasteiger partial charge < -0.3 is 4.90 Å². The molecule has 2 aromatic heterocycles. The van der Waals surface area contributed by atoms with Gasteiger partial charge in [0.25, 0.3) is 0 Å². The second-order valence-electron chi connectivity index (χ2n) is 7.86. The molecule has 0 radical (unpaired) electrons. The maximum absolute atomic E-state index is 4.74. The van der Waals surface area contributed by atoms with Crippen LogP contribution in [0.4, 0.5) is 17.1 Å². The van der Waals surface area contributed by atoms with Crippen molar-refractivity contribution in [3.05, 3.63) is 101 Å². The fraction of sp³-hybridized carbons (Fsp3) is 0.120. The number of aromatic nitrogens is 2. The number of rotatable bonds is 0. The van der Waals surface area contributed by atoms with Crippen LogP contribution in [0.25, 0.3) is 11.1 Å². The van der Waals surface area contributed by atoms with Crippen LogP contribution in [0.1, 0.15) is 33.6 Å². The molecular weight excluding hydrogens is 342 g/mol. The van der Waals surface area contributed by atoms with Crippen molar-refractivity contribution in [3.63, 3.8) is 0 Å². The van der Waals surface area contributed by atoms with Gasteiger partial charge in [0.05, 0.1) is 28.5 Å². The van der Waals surface area contributed by atoms with E-state index in [2.05, 4.69) is 53.4 Å². The summed E-state index contributed by atoms with van der Waals surface area (Å²) in [7, 11) is 0. The lowest BCUT2D eigenvalue weighted by atomic mass is 9.87. The molecule has 2 aromatic carbocycles. The van der Waals surface area contributed by atoms with Crippen molar-refractivity contribution in [1.82, 2.24) is 9.97 Å². The first-order valence-corrected chi connectivity index (χ1v) is 9.82. The monoisotopic (exact) mass is 359 g/mol. The maximum atomic E-state index is 4.74. The van der Waals surface area contributed by atoms with Gasteiger partial charge >= 0.3 is 0 Å². The average molecular weight is 359 g/mol. The third kappa shape index (κ3) is 1.74. The first kappa shape index (κ1) is 14.6. The fourth-order valence-electron chi connectivity index (χ4n) is 5.22. The Balaban J connectivity index is 1.60. The van der Waals surface area contributed by atoms with Crippen molar-refractivity contribution in [2.24, 2.45) is 0 Å². The Labute approximate surface area is 163 Å². The number of pyridine rings is 2. The van der Waals surface area contributed by atoms with Gasteiger partial charge in [0.2, 0.25) is 0 Å². The Morgan fingerprint density at radius 2 is 1.43 bits per heavy atom. The quantitative estimate of drug-likeness (QED) is 0.367. The van der Waals surface area contributed by atoms with E-state index < -0.39 is 0 Å². The molecule has 0 bridgehead atoms. The second-order valence-corrected chi connectivity index (χ2v) is 7.86. The summed E-state index contributed by atoms with van der Waals surface area (Å²) in [4.78, 5) is 11.9. The molecule has 0 unspecified atom stereocenters. The van der Waals surface area contributed by atoms with Crippen LogP contribution in [0.2, 0.25) is 0 Å². The molecule has 4 aromatic rings. The summed E-state index contributed by atoms with van der Waals surface area (Å²) in [6, 6.07) is 19.9. The van der Waals surface area contributed by atoms with E-state index in [-0.39, 0.29) is 0 Å². The molecule has 28 heavy (non-hydrogen) atoms. The van der Waals surface area contributed by atoms with E-state index in [1.54, 1.807) is 0 Å². The van der Waals surface area contributed by atoms with E-state index in [9.17, 15) is 0 Å². The molecule has 1 aliphatic carbocycles. The van der Waals surface area contributed by atoms with E-state index in [1.165, 1.54) is 50.4 Å². The van der Waals surface area contributed by atoms with Crippen molar-refractivity contribution < 1.29 is 0 Å². The molecule has 3 aliphatic rings. The highest BCUT2D eigenvalue weighted by Crippen LogP contribution is 2.55. The van der Waals surface area contributed by atoms with Gasteiger partial charge in [-0.3, -0.25) is 9.97 Å². The minimum absolute atomic E-state index is 0.802. The molecule has 0 atom stereocenters. The van der Waals surface area contributed by atoms with Crippen LogP contribution in [0.3, 0.4) is 0 Å². The normalized spacial score (nSPS) is 14.6. The van der Waals surface area contributed by atoms with Crippen LogP contribution in [-0.4, -0.2) is 9.97 Å². The molecule has 7 rings (SSSR count). The zero-order chi connectivity index (χ0) is 18.2. The molecule has 3 nitrogen and oxygen atoms in total. The Morgan fingerprint density at radius 1 is 0.607 bits per heavy atom. The molecule has 0 spiro atoms. The smallest absolute Gasteiger partial charge is 0.0717 e. The van der Waals surface area contributed by atoms with Gasteiger partial charge in [-0.2, -0.15) is 0 Å². The first-order valence-electron chi connectivity index (χ1n) is 9.82. The van der Waals surface area contributed by atoms with Gasteiger partial charge in [-0.05, 0) is 52.4 Å². The number of benzene rings is 2. The van der Waals surface area contributed by atoms with Crippen LogP contribution < -0.4 is 4.90 Å². The highest BCUT2D eigenvalue weighted by Gasteiger charge is 2.36. The summed E-state index contributed by atoms with van der Waals surface area (Å²) < 4.78 is 0. The summed E-state index contributed by atoms with van der Waals surface area (Å²) >= 11 is 0. The fourth-order valence-corrected chi connectivity index (χ4v) is 5.22. The molecule has 0 saturated heterocycles. The largest absolute Gasteiger partial charge is 0.306 e. The minimum atomic E-state index is 0.802. The Hall–Kier alpha value is -3.46. The van der Waals surface area contributed by atoms with Crippen LogP contribution >= 0.6 is 0 Å². The molecule has 3 heteroatoms. The summed E-state index contributed by atoms with van der Waals surface area (Å²) in [6.07, 6.45) is 6.62. The third-order valence-corrected chi connectivity index (χ3v) is 6.37. The number of hydrogen-bond donors (Lipinski definition) is 0. The van der Waals surface area contributed by atoms with Crippen molar-refractivity contribution in [3.8, 4) is 11.1 Å². The molecule has 0 N–H and O–H groups in total. The van der Waals surface area contributed by atoms with Crippen LogP contribution in [0.15, 0.2) is 67.0 Å². The Kier molecular flexibility index (Phi) is 2.64. The van der Waals surface area contributed by atoms with Crippen LogP contribution in [0.5, 0.6) is 0 Å². The highest BCUT2D eigenvalue weighted by atomic mass is 15.2. The predicted molar refractivity (Wildman–Crippen MR) is 111 cm³/mol. The lowest BCUT2D eigenvalue weighted by Gasteiger charge is -2.39. The zero-order valence-corrected chi connectivity index (χ0v) is 15.3. The van der Waals surface area contributed by atoms with Crippen molar-refractivity contribution in [1.29, 1.82) is 0 Å². The van der Waals surface area contributed by atoms with Gasteiger partial charge in [0.1, 0.15) is 0 Å². The third-order valence-electron chi connectivity index (χ3n) is 6.37. The van der Waals surface area contributed by atoms with Crippen molar-refractivity contribution >= 4 is 17.1 Å². The lowest BCUT2D eigenvalue weighted by Crippen LogP contribution is -2.26. The maximum Gasteiger partial charge on any atom is 0.0717 e. The van der Waals surface area contributed by atoms with E-state index in [0.29, 0.717) is 0 Å². The summed E-state index contributed by atoms with van der Waals surface area (Å²) in [6.45, 7) is 0. The zero-order valence-electron chi connectivity index (χ0n) is 15.3. The summed E-state index contributed by atoms with van der Waals surface area (Å²) in [5.74, 6) is 0. The Bertz CT molecular complexity index is 1290. The van der Waals surface area contributed by atoms with E-state index in [1.807, 2.05) is 18.5 Å². The molecule has 2 aliphatic heterocycles. The number of hydrogen-bond acceptors (Lipinski definition) is 3. The van der Waals surface area contributed by atoms with E-state index in [0.717, 1.165) is 30.7 Å². The van der Waals surface area contributed by atoms with Crippen molar-refractivity contribution in [2.45, 2.75) is 19.3 Å². The van der Waals surface area contributed by atoms with Crippen LogP contribution in [-0.2, 0) is 19.3 Å². The van der Waals surface area contributed by atoms with Gasteiger partial charge in [-0.25, -0.2) is 0 Å². The summed E-state index contributed by atoms with van der Waals surface area (Å²) in [5.41, 5.74) is 14.4. The standard InChI is InChI=1S/C25H17N3/c1-2-5-19-15(4-1)12-16-7-8-17-13-18-9-11-27-21-14-20-22(6-3-10-26-20)28(24(18)21)25(17)23(16)19/h1-11H,12-14H2. The van der Waals surface area contributed by atoms with Gasteiger partial charge in [0, 0.05) is 30.8 Å². The summed E-state index contributed by atoms with van der Waals surface area (Å²) in [5, 5.41) is 0. The molecule has 0 saturated carbocycles. The van der Waals surface area contributed by atoms with E-state index >= 15 is 0 Å².